The molecule has 2 aromatic rings. The molecule has 1 aliphatic rings. The number of nitrogens with zero attached hydrogens (tertiary/aromatic N) is 3. The SMILES string of the molecule is Cc1ccc(NC(=O)c2cnc(N3CCCCCC3)nc2)c(C)c1. The Morgan fingerprint density at radius 2 is 1.71 bits per heavy atom. The molecule has 5 nitrogen and oxygen atoms in total. The first-order chi connectivity index (χ1) is 11.6. The molecule has 1 saturated heterocycles. The molecule has 1 amide bonds. The molecule has 1 aliphatic heterocycles. The molecule has 0 saturated carbocycles. The highest BCUT2D eigenvalue weighted by Crippen LogP contribution is 2.18. The maximum atomic E-state index is 12.4. The maximum absolute atomic E-state index is 12.4. The van der Waals surface area contributed by atoms with Gasteiger partial charge in [-0.3, -0.25) is 4.79 Å². The number of aromatic nitrogens is 2. The van der Waals surface area contributed by atoms with Crippen molar-refractivity contribution in [1.82, 2.24) is 9.97 Å². The van der Waals surface area contributed by atoms with Gasteiger partial charge in [0.05, 0.1) is 5.56 Å². The van der Waals surface area contributed by atoms with Gasteiger partial charge >= 0.3 is 0 Å². The van der Waals surface area contributed by atoms with E-state index in [1.165, 1.54) is 31.2 Å². The molecule has 0 atom stereocenters. The second kappa shape index (κ2) is 7.43. The highest BCUT2D eigenvalue weighted by molar-refractivity contribution is 6.04. The third-order valence-corrected chi connectivity index (χ3v) is 4.42. The van der Waals surface area contributed by atoms with Gasteiger partial charge in [-0.05, 0) is 38.3 Å². The van der Waals surface area contributed by atoms with Gasteiger partial charge in [0.15, 0.2) is 0 Å². The zero-order valence-electron chi connectivity index (χ0n) is 14.4. The summed E-state index contributed by atoms with van der Waals surface area (Å²) in [6.45, 7) is 6.01. The Balaban J connectivity index is 1.69. The standard InChI is InChI=1S/C19H24N4O/c1-14-7-8-17(15(2)11-14)22-18(24)16-12-20-19(21-13-16)23-9-5-3-4-6-10-23/h7-8,11-13H,3-6,9-10H2,1-2H3,(H,22,24). The van der Waals surface area contributed by atoms with E-state index in [0.717, 1.165) is 30.3 Å². The van der Waals surface area contributed by atoms with Crippen LogP contribution in [0.2, 0.25) is 0 Å². The number of amides is 1. The summed E-state index contributed by atoms with van der Waals surface area (Å²) in [6.07, 6.45) is 8.13. The first-order valence-corrected chi connectivity index (χ1v) is 8.59. The molecule has 0 aliphatic carbocycles. The molecular formula is C19H24N4O. The zero-order valence-corrected chi connectivity index (χ0v) is 14.4. The molecule has 2 heterocycles. The van der Waals surface area contributed by atoms with Gasteiger partial charge in [0.25, 0.3) is 5.91 Å². The average molecular weight is 324 g/mol. The summed E-state index contributed by atoms with van der Waals surface area (Å²) >= 11 is 0. The lowest BCUT2D eigenvalue weighted by atomic mass is 10.1. The van der Waals surface area contributed by atoms with Crippen LogP contribution in [0.5, 0.6) is 0 Å². The van der Waals surface area contributed by atoms with Crippen molar-refractivity contribution in [3.8, 4) is 0 Å². The van der Waals surface area contributed by atoms with Crippen molar-refractivity contribution in [3.05, 3.63) is 47.3 Å². The lowest BCUT2D eigenvalue weighted by Crippen LogP contribution is -2.26. The summed E-state index contributed by atoms with van der Waals surface area (Å²) in [5.74, 6) is 0.546. The number of hydrogen-bond acceptors (Lipinski definition) is 4. The highest BCUT2D eigenvalue weighted by atomic mass is 16.1. The Morgan fingerprint density at radius 1 is 1.04 bits per heavy atom. The molecule has 3 rings (SSSR count). The van der Waals surface area contributed by atoms with Crippen molar-refractivity contribution < 1.29 is 4.79 Å². The Bertz CT molecular complexity index is 704. The molecule has 0 radical (unpaired) electrons. The fourth-order valence-electron chi connectivity index (χ4n) is 3.02. The van der Waals surface area contributed by atoms with Crippen LogP contribution in [0.3, 0.4) is 0 Å². The maximum Gasteiger partial charge on any atom is 0.258 e. The monoisotopic (exact) mass is 324 g/mol. The lowest BCUT2D eigenvalue weighted by molar-refractivity contribution is 0.102. The normalized spacial score (nSPS) is 15.0. The largest absolute Gasteiger partial charge is 0.341 e. The second-order valence-corrected chi connectivity index (χ2v) is 6.45. The van der Waals surface area contributed by atoms with Crippen molar-refractivity contribution in [2.45, 2.75) is 39.5 Å². The average Bonchev–Trinajstić information content (AvgIpc) is 2.87. The van der Waals surface area contributed by atoms with E-state index < -0.39 is 0 Å². The van der Waals surface area contributed by atoms with Crippen LogP contribution in [0.4, 0.5) is 11.6 Å². The van der Waals surface area contributed by atoms with Crippen LogP contribution in [0, 0.1) is 13.8 Å². The van der Waals surface area contributed by atoms with Crippen molar-refractivity contribution in [1.29, 1.82) is 0 Å². The topological polar surface area (TPSA) is 58.1 Å². The van der Waals surface area contributed by atoms with Crippen LogP contribution < -0.4 is 10.2 Å². The fourth-order valence-corrected chi connectivity index (χ4v) is 3.02. The summed E-state index contributed by atoms with van der Waals surface area (Å²) < 4.78 is 0. The number of benzene rings is 1. The molecule has 1 aromatic carbocycles. The van der Waals surface area contributed by atoms with Gasteiger partial charge in [-0.25, -0.2) is 9.97 Å². The number of nitrogens with one attached hydrogen (secondary N) is 1. The molecule has 1 aromatic heterocycles. The van der Waals surface area contributed by atoms with E-state index in [-0.39, 0.29) is 5.91 Å². The molecule has 24 heavy (non-hydrogen) atoms. The van der Waals surface area contributed by atoms with Gasteiger partial charge in [-0.2, -0.15) is 0 Å². The van der Waals surface area contributed by atoms with E-state index in [4.69, 9.17) is 0 Å². The van der Waals surface area contributed by atoms with Crippen molar-refractivity contribution in [3.63, 3.8) is 0 Å². The van der Waals surface area contributed by atoms with Gasteiger partial charge in [0, 0.05) is 31.2 Å². The molecule has 1 fully saturated rings. The number of hydrogen-bond donors (Lipinski definition) is 1. The van der Waals surface area contributed by atoms with Crippen LogP contribution >= 0.6 is 0 Å². The number of anilines is 2. The Kier molecular flexibility index (Phi) is 5.08. The van der Waals surface area contributed by atoms with Crippen LogP contribution in [0.15, 0.2) is 30.6 Å². The second-order valence-electron chi connectivity index (χ2n) is 6.45. The van der Waals surface area contributed by atoms with Gasteiger partial charge < -0.3 is 10.2 Å². The third kappa shape index (κ3) is 3.91. The van der Waals surface area contributed by atoms with Crippen molar-refractivity contribution >= 4 is 17.5 Å². The van der Waals surface area contributed by atoms with Crippen LogP contribution in [0.1, 0.15) is 47.2 Å². The molecule has 0 bridgehead atoms. The molecule has 5 heteroatoms. The van der Waals surface area contributed by atoms with Crippen LogP contribution in [-0.2, 0) is 0 Å². The molecule has 0 spiro atoms. The van der Waals surface area contributed by atoms with Crippen molar-refractivity contribution in [2.24, 2.45) is 0 Å². The first kappa shape index (κ1) is 16.4. The summed E-state index contributed by atoms with van der Waals surface area (Å²) in [5.41, 5.74) is 3.52. The van der Waals surface area contributed by atoms with Gasteiger partial charge in [-0.1, -0.05) is 30.5 Å². The van der Waals surface area contributed by atoms with Gasteiger partial charge in [0.1, 0.15) is 0 Å². The highest BCUT2D eigenvalue weighted by Gasteiger charge is 2.14. The third-order valence-electron chi connectivity index (χ3n) is 4.42. The minimum absolute atomic E-state index is 0.177. The van der Waals surface area contributed by atoms with Gasteiger partial charge in [0.2, 0.25) is 5.95 Å². The van der Waals surface area contributed by atoms with Crippen LogP contribution in [0.25, 0.3) is 0 Å². The molecular weight excluding hydrogens is 300 g/mol. The predicted molar refractivity (Wildman–Crippen MR) is 96.6 cm³/mol. The smallest absolute Gasteiger partial charge is 0.258 e. The number of carbonyl (C=O) groups is 1. The van der Waals surface area contributed by atoms with Crippen LogP contribution in [-0.4, -0.2) is 29.0 Å². The summed E-state index contributed by atoms with van der Waals surface area (Å²) in [4.78, 5) is 23.4. The predicted octanol–water partition coefficient (Wildman–Crippen LogP) is 3.73. The quantitative estimate of drug-likeness (QED) is 0.934. The van der Waals surface area contributed by atoms with E-state index in [0.29, 0.717) is 5.56 Å². The van der Waals surface area contributed by atoms with Crippen molar-refractivity contribution in [2.75, 3.05) is 23.3 Å². The Labute approximate surface area is 143 Å². The van der Waals surface area contributed by atoms with E-state index in [2.05, 4.69) is 26.3 Å². The summed E-state index contributed by atoms with van der Waals surface area (Å²) in [6, 6.07) is 5.96. The lowest BCUT2D eigenvalue weighted by Gasteiger charge is -2.19. The molecule has 1 N–H and O–H groups in total. The van der Waals surface area contributed by atoms with E-state index in [1.807, 2.05) is 26.0 Å². The number of carbonyl (C=O) groups excluding carboxylic acids is 1. The van der Waals surface area contributed by atoms with E-state index >= 15 is 0 Å². The van der Waals surface area contributed by atoms with Gasteiger partial charge in [-0.15, -0.1) is 0 Å². The first-order valence-electron chi connectivity index (χ1n) is 8.59. The zero-order chi connectivity index (χ0) is 16.9. The Morgan fingerprint density at radius 3 is 2.33 bits per heavy atom. The summed E-state index contributed by atoms with van der Waals surface area (Å²) in [5, 5.41) is 2.93. The minimum atomic E-state index is -0.177. The Hall–Kier alpha value is -2.43. The fraction of sp³-hybridized carbons (Fsp3) is 0.421. The van der Waals surface area contributed by atoms with E-state index in [9.17, 15) is 4.79 Å². The number of rotatable bonds is 3. The number of aryl methyl sites for hydroxylation is 2. The minimum Gasteiger partial charge on any atom is -0.341 e. The van der Waals surface area contributed by atoms with E-state index in [1.54, 1.807) is 12.4 Å². The summed E-state index contributed by atoms with van der Waals surface area (Å²) in [7, 11) is 0. The molecule has 126 valence electrons. The molecule has 0 unspecified atom stereocenters.